The van der Waals surface area contributed by atoms with Crippen LogP contribution in [0.5, 0.6) is 0 Å². The van der Waals surface area contributed by atoms with Crippen LogP contribution >= 0.6 is 0 Å². The molecule has 82 valence electrons. The zero-order chi connectivity index (χ0) is 10.8. The summed E-state index contributed by atoms with van der Waals surface area (Å²) in [6.45, 7) is 9.46. The molecule has 0 radical (unpaired) electrons. The highest BCUT2D eigenvalue weighted by atomic mass is 16.1. The Morgan fingerprint density at radius 3 is 2.57 bits per heavy atom. The minimum absolute atomic E-state index is 0.114. The molecule has 1 rings (SSSR count). The van der Waals surface area contributed by atoms with E-state index >= 15 is 0 Å². The largest absolute Gasteiger partial charge is 0.307 e. The van der Waals surface area contributed by atoms with Crippen LogP contribution in [0.4, 0.5) is 0 Å². The van der Waals surface area contributed by atoms with Gasteiger partial charge in [-0.1, -0.05) is 20.8 Å². The summed E-state index contributed by atoms with van der Waals surface area (Å²) >= 11 is 0. The van der Waals surface area contributed by atoms with Crippen LogP contribution in [0.25, 0.3) is 0 Å². The van der Waals surface area contributed by atoms with Crippen molar-refractivity contribution in [2.75, 3.05) is 6.54 Å². The average molecular weight is 197 g/mol. The molecule has 2 atom stereocenters. The first-order valence-corrected chi connectivity index (χ1v) is 5.64. The molecular formula is C12H23NO. The van der Waals surface area contributed by atoms with Gasteiger partial charge in [-0.15, -0.1) is 0 Å². The molecule has 0 aromatic heterocycles. The van der Waals surface area contributed by atoms with Crippen molar-refractivity contribution in [2.45, 2.75) is 53.0 Å². The summed E-state index contributed by atoms with van der Waals surface area (Å²) in [6.07, 6.45) is 3.56. The lowest BCUT2D eigenvalue weighted by Crippen LogP contribution is -2.46. The Morgan fingerprint density at radius 2 is 2.07 bits per heavy atom. The molecule has 1 fully saturated rings. The molecule has 1 N–H and O–H groups in total. The fourth-order valence-electron chi connectivity index (χ4n) is 2.44. The first-order valence-electron chi connectivity index (χ1n) is 5.64. The Labute approximate surface area is 87.5 Å². The molecule has 2 unspecified atom stereocenters. The van der Waals surface area contributed by atoms with Crippen molar-refractivity contribution in [3.8, 4) is 0 Å². The van der Waals surface area contributed by atoms with E-state index in [0.717, 1.165) is 13.0 Å². The summed E-state index contributed by atoms with van der Waals surface area (Å²) in [5.74, 6) is 0.847. The number of nitrogens with one attached hydrogen (secondary N) is 1. The minimum atomic E-state index is 0.114. The van der Waals surface area contributed by atoms with Gasteiger partial charge in [0, 0.05) is 0 Å². The van der Waals surface area contributed by atoms with Gasteiger partial charge in [0.05, 0.1) is 6.04 Å². The van der Waals surface area contributed by atoms with Gasteiger partial charge in [0.1, 0.15) is 5.78 Å². The van der Waals surface area contributed by atoms with E-state index in [1.54, 1.807) is 6.92 Å². The van der Waals surface area contributed by atoms with Crippen molar-refractivity contribution in [3.63, 3.8) is 0 Å². The number of ketones is 1. The number of hydrogen-bond acceptors (Lipinski definition) is 2. The second kappa shape index (κ2) is 4.43. The van der Waals surface area contributed by atoms with Gasteiger partial charge in [-0.05, 0) is 44.1 Å². The van der Waals surface area contributed by atoms with Crippen LogP contribution in [-0.4, -0.2) is 18.4 Å². The van der Waals surface area contributed by atoms with Gasteiger partial charge in [0.15, 0.2) is 0 Å². The molecule has 0 bridgehead atoms. The summed E-state index contributed by atoms with van der Waals surface area (Å²) in [6, 6.07) is 0.114. The van der Waals surface area contributed by atoms with E-state index in [9.17, 15) is 4.79 Å². The maximum absolute atomic E-state index is 11.4. The molecule has 2 nitrogen and oxygen atoms in total. The molecule has 0 aliphatic carbocycles. The van der Waals surface area contributed by atoms with Crippen LogP contribution in [0, 0.1) is 11.3 Å². The van der Waals surface area contributed by atoms with E-state index < -0.39 is 0 Å². The number of Topliss-reactive ketones (excluding diaryl/α,β-unsaturated/α-hetero) is 1. The highest BCUT2D eigenvalue weighted by Crippen LogP contribution is 2.31. The zero-order valence-electron chi connectivity index (χ0n) is 9.89. The van der Waals surface area contributed by atoms with Crippen molar-refractivity contribution in [1.82, 2.24) is 5.32 Å². The quantitative estimate of drug-likeness (QED) is 0.736. The second-order valence-electron chi connectivity index (χ2n) is 5.71. The Bertz CT molecular complexity index is 205. The van der Waals surface area contributed by atoms with Crippen molar-refractivity contribution in [1.29, 1.82) is 0 Å². The van der Waals surface area contributed by atoms with Gasteiger partial charge >= 0.3 is 0 Å². The van der Waals surface area contributed by atoms with E-state index in [1.165, 1.54) is 12.8 Å². The molecule has 0 aromatic rings. The fraction of sp³-hybridized carbons (Fsp3) is 0.917. The zero-order valence-corrected chi connectivity index (χ0v) is 9.89. The Balaban J connectivity index is 2.59. The standard InChI is InChI=1S/C12H23NO/c1-9(14)11-10(6-5-7-13-11)8-12(2,3)4/h10-11,13H,5-8H2,1-4H3. The lowest BCUT2D eigenvalue weighted by molar-refractivity contribution is -0.121. The maximum atomic E-state index is 11.4. The first kappa shape index (κ1) is 11.7. The molecule has 0 aromatic carbocycles. The van der Waals surface area contributed by atoms with Crippen LogP contribution in [0.15, 0.2) is 0 Å². The van der Waals surface area contributed by atoms with Crippen LogP contribution < -0.4 is 5.32 Å². The van der Waals surface area contributed by atoms with Crippen molar-refractivity contribution in [2.24, 2.45) is 11.3 Å². The minimum Gasteiger partial charge on any atom is -0.307 e. The van der Waals surface area contributed by atoms with Gasteiger partial charge in [0.25, 0.3) is 0 Å². The molecule has 2 heteroatoms. The van der Waals surface area contributed by atoms with Gasteiger partial charge < -0.3 is 5.32 Å². The molecule has 0 saturated carbocycles. The van der Waals surface area contributed by atoms with E-state index in [1.807, 2.05) is 0 Å². The number of hydrogen-bond donors (Lipinski definition) is 1. The summed E-state index contributed by atoms with van der Waals surface area (Å²) in [5, 5.41) is 3.34. The van der Waals surface area contributed by atoms with Crippen LogP contribution in [0.1, 0.15) is 47.0 Å². The molecule has 0 amide bonds. The number of carbonyl (C=O) groups is 1. The Kier molecular flexibility index (Phi) is 3.71. The van der Waals surface area contributed by atoms with E-state index in [2.05, 4.69) is 26.1 Å². The van der Waals surface area contributed by atoms with Crippen molar-refractivity contribution in [3.05, 3.63) is 0 Å². The SMILES string of the molecule is CC(=O)C1NCCCC1CC(C)(C)C. The van der Waals surface area contributed by atoms with Crippen LogP contribution in [0.3, 0.4) is 0 Å². The third kappa shape index (κ3) is 3.41. The van der Waals surface area contributed by atoms with Crippen LogP contribution in [0.2, 0.25) is 0 Å². The van der Waals surface area contributed by atoms with Crippen molar-refractivity contribution < 1.29 is 4.79 Å². The van der Waals surface area contributed by atoms with E-state index in [4.69, 9.17) is 0 Å². The highest BCUT2D eigenvalue weighted by molar-refractivity contribution is 5.81. The van der Waals surface area contributed by atoms with E-state index in [0.29, 0.717) is 17.1 Å². The summed E-state index contributed by atoms with van der Waals surface area (Å²) in [4.78, 5) is 11.4. The number of piperidine rings is 1. The average Bonchev–Trinajstić information content (AvgIpc) is 2.01. The predicted molar refractivity (Wildman–Crippen MR) is 59.3 cm³/mol. The van der Waals surface area contributed by atoms with Gasteiger partial charge in [-0.2, -0.15) is 0 Å². The Morgan fingerprint density at radius 1 is 1.43 bits per heavy atom. The van der Waals surface area contributed by atoms with E-state index in [-0.39, 0.29) is 6.04 Å². The van der Waals surface area contributed by atoms with Crippen LogP contribution in [-0.2, 0) is 4.79 Å². The van der Waals surface area contributed by atoms with Gasteiger partial charge in [-0.3, -0.25) is 4.79 Å². The Hall–Kier alpha value is -0.370. The number of rotatable bonds is 2. The normalized spacial score (nSPS) is 28.9. The summed E-state index contributed by atoms with van der Waals surface area (Å²) in [5.41, 5.74) is 0.331. The smallest absolute Gasteiger partial charge is 0.146 e. The highest BCUT2D eigenvalue weighted by Gasteiger charge is 2.30. The molecule has 14 heavy (non-hydrogen) atoms. The first-order chi connectivity index (χ1) is 6.40. The number of carbonyl (C=O) groups excluding carboxylic acids is 1. The van der Waals surface area contributed by atoms with Crippen molar-refractivity contribution >= 4 is 5.78 Å². The molecule has 1 saturated heterocycles. The lowest BCUT2D eigenvalue weighted by atomic mass is 9.77. The molecule has 0 spiro atoms. The summed E-state index contributed by atoms with van der Waals surface area (Å²) in [7, 11) is 0. The third-order valence-corrected chi connectivity index (χ3v) is 2.90. The molecule has 1 aliphatic heterocycles. The fourth-order valence-corrected chi connectivity index (χ4v) is 2.44. The molecule has 1 heterocycles. The molecular weight excluding hydrogens is 174 g/mol. The monoisotopic (exact) mass is 197 g/mol. The summed E-state index contributed by atoms with van der Waals surface area (Å²) < 4.78 is 0. The lowest BCUT2D eigenvalue weighted by Gasteiger charge is -2.35. The second-order valence-corrected chi connectivity index (χ2v) is 5.71. The predicted octanol–water partition coefficient (Wildman–Crippen LogP) is 2.38. The van der Waals surface area contributed by atoms with Gasteiger partial charge in [0.2, 0.25) is 0 Å². The topological polar surface area (TPSA) is 29.1 Å². The van der Waals surface area contributed by atoms with Gasteiger partial charge in [-0.25, -0.2) is 0 Å². The maximum Gasteiger partial charge on any atom is 0.146 e. The molecule has 1 aliphatic rings. The third-order valence-electron chi connectivity index (χ3n) is 2.90.